The van der Waals surface area contributed by atoms with Gasteiger partial charge in [-0.1, -0.05) is 38.1 Å². The number of nitrogens with one attached hydrogen (secondary N) is 1. The molecule has 1 aliphatic carbocycles. The highest BCUT2D eigenvalue weighted by Crippen LogP contribution is 2.41. The van der Waals surface area contributed by atoms with Crippen LogP contribution >= 0.6 is 0 Å². The molecule has 0 saturated carbocycles. The third-order valence-electron chi connectivity index (χ3n) is 6.13. The summed E-state index contributed by atoms with van der Waals surface area (Å²) in [6, 6.07) is 7.37. The van der Waals surface area contributed by atoms with Crippen LogP contribution < -0.4 is 5.32 Å². The van der Waals surface area contributed by atoms with Gasteiger partial charge in [0.25, 0.3) is 5.91 Å². The molecule has 0 aromatic heterocycles. The van der Waals surface area contributed by atoms with Gasteiger partial charge in [-0.05, 0) is 50.7 Å². The van der Waals surface area contributed by atoms with Gasteiger partial charge in [0.2, 0.25) is 5.91 Å². The van der Waals surface area contributed by atoms with Crippen LogP contribution in [0.25, 0.3) is 0 Å². The normalized spacial score (nSPS) is 23.3. The maximum atomic E-state index is 13.2. The van der Waals surface area contributed by atoms with Gasteiger partial charge >= 0.3 is 6.03 Å². The van der Waals surface area contributed by atoms with Crippen molar-refractivity contribution in [1.82, 2.24) is 15.1 Å². The molecule has 27 heavy (non-hydrogen) atoms. The SMILES string of the molecule is CCC(C)N(C(=O)CN1C(=O)NC2(CCc3ccccc32)C1=O)C(C)CC. The van der Waals surface area contributed by atoms with Gasteiger partial charge in [-0.15, -0.1) is 0 Å². The highest BCUT2D eigenvalue weighted by atomic mass is 16.2. The van der Waals surface area contributed by atoms with Crippen LogP contribution in [0, 0.1) is 0 Å². The number of nitrogens with zero attached hydrogens (tertiary/aromatic N) is 2. The summed E-state index contributed by atoms with van der Waals surface area (Å²) in [4.78, 5) is 41.7. The van der Waals surface area contributed by atoms with Crippen molar-refractivity contribution in [3.63, 3.8) is 0 Å². The lowest BCUT2D eigenvalue weighted by Gasteiger charge is -2.35. The molecule has 1 spiro atoms. The number of hydrogen-bond acceptors (Lipinski definition) is 3. The average molecular weight is 371 g/mol. The molecule has 146 valence electrons. The lowest BCUT2D eigenvalue weighted by Crippen LogP contribution is -2.50. The van der Waals surface area contributed by atoms with Crippen molar-refractivity contribution in [3.05, 3.63) is 35.4 Å². The maximum Gasteiger partial charge on any atom is 0.325 e. The number of hydrogen-bond donors (Lipinski definition) is 1. The number of amides is 4. The number of fused-ring (bicyclic) bond motifs is 2. The number of imide groups is 1. The molecule has 0 bridgehead atoms. The fourth-order valence-electron chi connectivity index (χ4n) is 4.27. The molecule has 6 nitrogen and oxygen atoms in total. The molecule has 1 aromatic rings. The molecule has 4 amide bonds. The van der Waals surface area contributed by atoms with Gasteiger partial charge in [0.1, 0.15) is 12.1 Å². The highest BCUT2D eigenvalue weighted by molar-refractivity contribution is 6.09. The second kappa shape index (κ2) is 7.33. The minimum absolute atomic E-state index is 0.0642. The van der Waals surface area contributed by atoms with Gasteiger partial charge in [-0.25, -0.2) is 4.79 Å². The van der Waals surface area contributed by atoms with E-state index in [0.29, 0.717) is 6.42 Å². The first kappa shape index (κ1) is 19.4. The molecular formula is C21H29N3O3. The minimum Gasteiger partial charge on any atom is -0.336 e. The number of benzene rings is 1. The van der Waals surface area contributed by atoms with Crippen molar-refractivity contribution >= 4 is 17.8 Å². The Bertz CT molecular complexity index is 753. The van der Waals surface area contributed by atoms with Crippen molar-refractivity contribution in [2.75, 3.05) is 6.54 Å². The summed E-state index contributed by atoms with van der Waals surface area (Å²) in [6.07, 6.45) is 2.94. The number of carbonyl (C=O) groups is 3. The van der Waals surface area contributed by atoms with E-state index in [0.717, 1.165) is 35.3 Å². The Kier molecular flexibility index (Phi) is 5.27. The van der Waals surface area contributed by atoms with E-state index in [2.05, 4.69) is 5.32 Å². The first-order chi connectivity index (χ1) is 12.9. The molecule has 1 fully saturated rings. The summed E-state index contributed by atoms with van der Waals surface area (Å²) in [5, 5.41) is 2.88. The molecule has 6 heteroatoms. The van der Waals surface area contributed by atoms with Crippen molar-refractivity contribution in [3.8, 4) is 0 Å². The van der Waals surface area contributed by atoms with Crippen LogP contribution in [0.15, 0.2) is 24.3 Å². The monoisotopic (exact) mass is 371 g/mol. The van der Waals surface area contributed by atoms with Crippen molar-refractivity contribution in [2.45, 2.75) is 71.0 Å². The molecule has 1 aromatic carbocycles. The predicted octanol–water partition coefficient (Wildman–Crippen LogP) is 2.81. The van der Waals surface area contributed by atoms with Crippen LogP contribution in [-0.2, 0) is 21.5 Å². The molecule has 0 radical (unpaired) electrons. The third kappa shape index (κ3) is 3.11. The van der Waals surface area contributed by atoms with E-state index in [1.54, 1.807) is 0 Å². The van der Waals surface area contributed by atoms with Gasteiger partial charge < -0.3 is 10.2 Å². The lowest BCUT2D eigenvalue weighted by atomic mass is 9.92. The summed E-state index contributed by atoms with van der Waals surface area (Å²) >= 11 is 0. The Morgan fingerprint density at radius 1 is 1.19 bits per heavy atom. The number of urea groups is 1. The maximum absolute atomic E-state index is 13.2. The molecule has 1 N–H and O–H groups in total. The Morgan fingerprint density at radius 3 is 2.44 bits per heavy atom. The van der Waals surface area contributed by atoms with Gasteiger partial charge in [0, 0.05) is 12.1 Å². The van der Waals surface area contributed by atoms with Crippen LogP contribution in [0.1, 0.15) is 58.1 Å². The quantitative estimate of drug-likeness (QED) is 0.782. The molecule has 1 heterocycles. The summed E-state index contributed by atoms with van der Waals surface area (Å²) in [5.74, 6) is -0.482. The Balaban J connectivity index is 1.83. The zero-order valence-electron chi connectivity index (χ0n) is 16.6. The second-order valence-corrected chi connectivity index (χ2v) is 7.70. The molecular weight excluding hydrogens is 342 g/mol. The number of carbonyl (C=O) groups excluding carboxylic acids is 3. The number of rotatable bonds is 6. The summed E-state index contributed by atoms with van der Waals surface area (Å²) in [5.41, 5.74) is 0.935. The fourth-order valence-corrected chi connectivity index (χ4v) is 4.27. The van der Waals surface area contributed by atoms with E-state index in [9.17, 15) is 14.4 Å². The first-order valence-corrected chi connectivity index (χ1v) is 9.89. The lowest BCUT2D eigenvalue weighted by molar-refractivity contribution is -0.141. The standard InChI is InChI=1S/C21H29N3O3/c1-5-14(3)24(15(4)6-2)18(25)13-23-19(26)21(22-20(23)27)12-11-16-9-7-8-10-17(16)21/h7-10,14-15H,5-6,11-13H2,1-4H3,(H,22,27). The van der Waals surface area contributed by atoms with Gasteiger partial charge in [0.15, 0.2) is 0 Å². The first-order valence-electron chi connectivity index (χ1n) is 9.89. The van der Waals surface area contributed by atoms with E-state index in [4.69, 9.17) is 0 Å². The van der Waals surface area contributed by atoms with Crippen LogP contribution in [0.4, 0.5) is 4.79 Å². The van der Waals surface area contributed by atoms with Crippen LogP contribution in [0.2, 0.25) is 0 Å². The van der Waals surface area contributed by atoms with Crippen LogP contribution in [0.5, 0.6) is 0 Å². The van der Waals surface area contributed by atoms with Crippen molar-refractivity contribution < 1.29 is 14.4 Å². The van der Waals surface area contributed by atoms with E-state index in [1.165, 1.54) is 0 Å². The molecule has 1 aliphatic heterocycles. The van der Waals surface area contributed by atoms with E-state index < -0.39 is 11.6 Å². The van der Waals surface area contributed by atoms with E-state index in [-0.39, 0.29) is 30.4 Å². The van der Waals surface area contributed by atoms with Gasteiger partial charge in [-0.2, -0.15) is 0 Å². The predicted molar refractivity (Wildman–Crippen MR) is 103 cm³/mol. The highest BCUT2D eigenvalue weighted by Gasteiger charge is 2.55. The molecule has 1 saturated heterocycles. The fraction of sp³-hybridized carbons (Fsp3) is 0.571. The zero-order chi connectivity index (χ0) is 19.8. The third-order valence-corrected chi connectivity index (χ3v) is 6.13. The summed E-state index contributed by atoms with van der Waals surface area (Å²) in [7, 11) is 0. The summed E-state index contributed by atoms with van der Waals surface area (Å²) in [6.45, 7) is 7.87. The van der Waals surface area contributed by atoms with E-state index >= 15 is 0 Å². The van der Waals surface area contributed by atoms with E-state index in [1.807, 2.05) is 56.9 Å². The molecule has 3 rings (SSSR count). The molecule has 2 aliphatic rings. The Labute approximate surface area is 160 Å². The Morgan fingerprint density at radius 2 is 1.81 bits per heavy atom. The smallest absolute Gasteiger partial charge is 0.325 e. The minimum atomic E-state index is -1.01. The molecule has 3 atom stereocenters. The van der Waals surface area contributed by atoms with Gasteiger partial charge in [-0.3, -0.25) is 14.5 Å². The summed E-state index contributed by atoms with van der Waals surface area (Å²) < 4.78 is 0. The average Bonchev–Trinajstić information content (AvgIpc) is 3.15. The van der Waals surface area contributed by atoms with Crippen LogP contribution in [-0.4, -0.2) is 46.3 Å². The van der Waals surface area contributed by atoms with Crippen molar-refractivity contribution in [1.29, 1.82) is 0 Å². The molecule has 3 unspecified atom stereocenters. The second-order valence-electron chi connectivity index (χ2n) is 7.70. The Hall–Kier alpha value is -2.37. The zero-order valence-corrected chi connectivity index (χ0v) is 16.6. The van der Waals surface area contributed by atoms with Crippen LogP contribution in [0.3, 0.4) is 0 Å². The largest absolute Gasteiger partial charge is 0.336 e. The topological polar surface area (TPSA) is 69.7 Å². The number of aryl methyl sites for hydroxylation is 1. The van der Waals surface area contributed by atoms with Gasteiger partial charge in [0.05, 0.1) is 0 Å². The van der Waals surface area contributed by atoms with Crippen molar-refractivity contribution in [2.24, 2.45) is 0 Å².